The van der Waals surface area contributed by atoms with Crippen LogP contribution in [0, 0.1) is 11.8 Å². The van der Waals surface area contributed by atoms with E-state index >= 15 is 0 Å². The molecule has 1 aromatic rings. The molecular weight excluding hydrogens is 256 g/mol. The molecule has 1 aliphatic heterocycles. The molecule has 2 unspecified atom stereocenters. The van der Waals surface area contributed by atoms with Crippen LogP contribution in [0.25, 0.3) is 0 Å². The molecule has 110 valence electrons. The summed E-state index contributed by atoms with van der Waals surface area (Å²) in [5, 5.41) is 3.00. The number of rotatable bonds is 5. The molecule has 0 fully saturated rings. The lowest BCUT2D eigenvalue weighted by Gasteiger charge is -2.22. The quantitative estimate of drug-likeness (QED) is 0.861. The van der Waals surface area contributed by atoms with E-state index in [2.05, 4.69) is 5.32 Å². The zero-order valence-corrected chi connectivity index (χ0v) is 12.2. The number of hydrogen-bond donors (Lipinski definition) is 2. The van der Waals surface area contributed by atoms with Crippen molar-refractivity contribution in [1.82, 2.24) is 5.32 Å². The van der Waals surface area contributed by atoms with Gasteiger partial charge >= 0.3 is 0 Å². The Kier molecular flexibility index (Phi) is 4.49. The second kappa shape index (κ2) is 6.13. The second-order valence-electron chi connectivity index (χ2n) is 5.43. The molecule has 0 saturated carbocycles. The Labute approximate surface area is 119 Å². The molecule has 1 heterocycles. The third kappa shape index (κ3) is 3.04. The van der Waals surface area contributed by atoms with E-state index in [-0.39, 0.29) is 30.6 Å². The molecular formula is C15H22N2O3. The van der Waals surface area contributed by atoms with E-state index in [1.165, 1.54) is 0 Å². The molecule has 0 aromatic heterocycles. The molecule has 0 bridgehead atoms. The van der Waals surface area contributed by atoms with Crippen LogP contribution in [0.4, 0.5) is 0 Å². The van der Waals surface area contributed by atoms with E-state index in [1.807, 2.05) is 39.0 Å². The summed E-state index contributed by atoms with van der Waals surface area (Å²) >= 11 is 0. The Bertz CT molecular complexity index is 488. The van der Waals surface area contributed by atoms with Gasteiger partial charge in [-0.2, -0.15) is 0 Å². The fourth-order valence-electron chi connectivity index (χ4n) is 2.27. The van der Waals surface area contributed by atoms with E-state index in [1.54, 1.807) is 0 Å². The van der Waals surface area contributed by atoms with E-state index in [0.29, 0.717) is 6.54 Å². The molecule has 2 rings (SSSR count). The number of ether oxygens (including phenoxy) is 2. The van der Waals surface area contributed by atoms with Gasteiger partial charge in [0.2, 0.25) is 12.7 Å². The van der Waals surface area contributed by atoms with Crippen molar-refractivity contribution in [2.75, 3.05) is 13.3 Å². The van der Waals surface area contributed by atoms with Crippen LogP contribution in [0.2, 0.25) is 0 Å². The number of carbonyl (C=O) groups excluding carboxylic acids is 1. The minimum atomic E-state index is -0.161. The summed E-state index contributed by atoms with van der Waals surface area (Å²) in [5.41, 5.74) is 6.65. The van der Waals surface area contributed by atoms with E-state index in [0.717, 1.165) is 17.1 Å². The zero-order chi connectivity index (χ0) is 14.7. The van der Waals surface area contributed by atoms with Crippen molar-refractivity contribution in [1.29, 1.82) is 0 Å². The SMILES string of the molecule is CC(NC(=O)C(CN)C(C)C)c1ccc2c(c1)OCO2. The summed E-state index contributed by atoms with van der Waals surface area (Å²) in [4.78, 5) is 12.2. The second-order valence-corrected chi connectivity index (χ2v) is 5.43. The van der Waals surface area contributed by atoms with Crippen LogP contribution in [0.3, 0.4) is 0 Å². The van der Waals surface area contributed by atoms with Gasteiger partial charge in [-0.3, -0.25) is 4.79 Å². The largest absolute Gasteiger partial charge is 0.454 e. The molecule has 0 aliphatic carbocycles. The number of nitrogens with two attached hydrogens (primary N) is 1. The summed E-state index contributed by atoms with van der Waals surface area (Å²) < 4.78 is 10.6. The van der Waals surface area contributed by atoms with Crippen LogP contribution in [-0.4, -0.2) is 19.2 Å². The van der Waals surface area contributed by atoms with Crippen LogP contribution >= 0.6 is 0 Å². The summed E-state index contributed by atoms with van der Waals surface area (Å²) in [6, 6.07) is 5.61. The summed E-state index contributed by atoms with van der Waals surface area (Å²) in [5.74, 6) is 1.53. The molecule has 0 radical (unpaired) electrons. The van der Waals surface area contributed by atoms with E-state index < -0.39 is 0 Å². The maximum absolute atomic E-state index is 12.2. The van der Waals surface area contributed by atoms with Gasteiger partial charge in [0, 0.05) is 6.54 Å². The third-order valence-electron chi connectivity index (χ3n) is 3.65. The van der Waals surface area contributed by atoms with Gasteiger partial charge in [-0.1, -0.05) is 19.9 Å². The van der Waals surface area contributed by atoms with Gasteiger partial charge in [0.05, 0.1) is 12.0 Å². The highest BCUT2D eigenvalue weighted by Crippen LogP contribution is 2.34. The average molecular weight is 278 g/mol. The maximum atomic E-state index is 12.2. The van der Waals surface area contributed by atoms with Crippen molar-refractivity contribution >= 4 is 5.91 Å². The molecule has 1 aliphatic rings. The third-order valence-corrected chi connectivity index (χ3v) is 3.65. The minimum Gasteiger partial charge on any atom is -0.454 e. The Hall–Kier alpha value is -1.75. The van der Waals surface area contributed by atoms with Crippen LogP contribution in [0.15, 0.2) is 18.2 Å². The summed E-state index contributed by atoms with van der Waals surface area (Å²) in [7, 11) is 0. The summed E-state index contributed by atoms with van der Waals surface area (Å²) in [6.45, 7) is 6.56. The Balaban J connectivity index is 2.04. The first-order valence-corrected chi connectivity index (χ1v) is 6.93. The zero-order valence-electron chi connectivity index (χ0n) is 12.2. The Morgan fingerprint density at radius 1 is 1.30 bits per heavy atom. The first kappa shape index (κ1) is 14.7. The van der Waals surface area contributed by atoms with Crippen molar-refractivity contribution in [3.8, 4) is 11.5 Å². The predicted octanol–water partition coefficient (Wildman–Crippen LogP) is 1.82. The average Bonchev–Trinajstić information content (AvgIpc) is 2.85. The predicted molar refractivity (Wildman–Crippen MR) is 76.5 cm³/mol. The molecule has 3 N–H and O–H groups in total. The molecule has 1 amide bonds. The number of carbonyl (C=O) groups is 1. The fourth-order valence-corrected chi connectivity index (χ4v) is 2.27. The van der Waals surface area contributed by atoms with Crippen molar-refractivity contribution in [2.24, 2.45) is 17.6 Å². The topological polar surface area (TPSA) is 73.6 Å². The van der Waals surface area contributed by atoms with Crippen molar-refractivity contribution in [2.45, 2.75) is 26.8 Å². The van der Waals surface area contributed by atoms with Gasteiger partial charge in [0.25, 0.3) is 0 Å². The van der Waals surface area contributed by atoms with Gasteiger partial charge in [0.15, 0.2) is 11.5 Å². The number of hydrogen-bond acceptors (Lipinski definition) is 4. The minimum absolute atomic E-state index is 0.00679. The highest BCUT2D eigenvalue weighted by atomic mass is 16.7. The maximum Gasteiger partial charge on any atom is 0.231 e. The van der Waals surface area contributed by atoms with Crippen LogP contribution in [0.1, 0.15) is 32.4 Å². The van der Waals surface area contributed by atoms with Gasteiger partial charge in [-0.25, -0.2) is 0 Å². The Morgan fingerprint density at radius 2 is 2.00 bits per heavy atom. The molecule has 1 aromatic carbocycles. The summed E-state index contributed by atoms with van der Waals surface area (Å²) in [6.07, 6.45) is 0. The fraction of sp³-hybridized carbons (Fsp3) is 0.533. The highest BCUT2D eigenvalue weighted by molar-refractivity contribution is 5.79. The van der Waals surface area contributed by atoms with E-state index in [9.17, 15) is 4.79 Å². The monoisotopic (exact) mass is 278 g/mol. The number of nitrogens with one attached hydrogen (secondary N) is 1. The van der Waals surface area contributed by atoms with Crippen LogP contribution in [0.5, 0.6) is 11.5 Å². The molecule has 5 heteroatoms. The number of benzene rings is 1. The first-order valence-electron chi connectivity index (χ1n) is 6.93. The lowest BCUT2D eigenvalue weighted by molar-refractivity contribution is -0.126. The smallest absolute Gasteiger partial charge is 0.231 e. The van der Waals surface area contributed by atoms with E-state index in [4.69, 9.17) is 15.2 Å². The normalized spacial score (nSPS) is 16.1. The first-order chi connectivity index (χ1) is 9.52. The van der Waals surface area contributed by atoms with Gasteiger partial charge in [-0.15, -0.1) is 0 Å². The van der Waals surface area contributed by atoms with Crippen LogP contribution < -0.4 is 20.5 Å². The molecule has 0 spiro atoms. The van der Waals surface area contributed by atoms with Crippen molar-refractivity contribution < 1.29 is 14.3 Å². The standard InChI is InChI=1S/C15H22N2O3/c1-9(2)12(7-16)15(18)17-10(3)11-4-5-13-14(6-11)20-8-19-13/h4-6,9-10,12H,7-8,16H2,1-3H3,(H,17,18). The van der Waals surface area contributed by atoms with Crippen LogP contribution in [-0.2, 0) is 4.79 Å². The molecule has 2 atom stereocenters. The van der Waals surface area contributed by atoms with Gasteiger partial charge < -0.3 is 20.5 Å². The van der Waals surface area contributed by atoms with Crippen molar-refractivity contribution in [3.05, 3.63) is 23.8 Å². The number of amides is 1. The highest BCUT2D eigenvalue weighted by Gasteiger charge is 2.23. The molecule has 0 saturated heterocycles. The van der Waals surface area contributed by atoms with Gasteiger partial charge in [0.1, 0.15) is 0 Å². The lowest BCUT2D eigenvalue weighted by atomic mass is 9.94. The Morgan fingerprint density at radius 3 is 2.65 bits per heavy atom. The van der Waals surface area contributed by atoms with Gasteiger partial charge in [-0.05, 0) is 30.5 Å². The lowest BCUT2D eigenvalue weighted by Crippen LogP contribution is -2.39. The molecule has 5 nitrogen and oxygen atoms in total. The number of fused-ring (bicyclic) bond motifs is 1. The molecule has 20 heavy (non-hydrogen) atoms. The van der Waals surface area contributed by atoms with Crippen molar-refractivity contribution in [3.63, 3.8) is 0 Å².